The van der Waals surface area contributed by atoms with Gasteiger partial charge in [-0.1, -0.05) is 12.8 Å². The lowest BCUT2D eigenvalue weighted by molar-refractivity contribution is 0.174. The number of rotatable bonds is 5. The highest BCUT2D eigenvalue weighted by molar-refractivity contribution is 5.94. The van der Waals surface area contributed by atoms with Gasteiger partial charge in [-0.3, -0.25) is 0 Å². The van der Waals surface area contributed by atoms with Gasteiger partial charge in [0.25, 0.3) is 0 Å². The number of pyridine rings is 1. The van der Waals surface area contributed by atoms with Gasteiger partial charge < -0.3 is 14.8 Å². The molecule has 0 spiro atoms. The normalized spacial score (nSPS) is 16.6. The summed E-state index contributed by atoms with van der Waals surface area (Å²) in [5.74, 6) is 3.57. The van der Waals surface area contributed by atoms with Crippen molar-refractivity contribution in [3.8, 4) is 11.5 Å². The average Bonchev–Trinajstić information content (AvgIpc) is 3.18. The van der Waals surface area contributed by atoms with Crippen LogP contribution >= 0.6 is 0 Å². The lowest BCUT2D eigenvalue weighted by atomic mass is 10.1. The second kappa shape index (κ2) is 4.85. The molecule has 1 aromatic heterocycles. The van der Waals surface area contributed by atoms with E-state index in [1.165, 1.54) is 25.7 Å². The third-order valence-electron chi connectivity index (χ3n) is 4.04. The molecule has 1 N–H and O–H groups in total. The number of hydrogen-bond acceptors (Lipinski definition) is 4. The molecule has 1 aliphatic heterocycles. The average molecular weight is 270 g/mol. The van der Waals surface area contributed by atoms with Crippen molar-refractivity contribution in [3.63, 3.8) is 0 Å². The molecular weight excluding hydrogens is 252 g/mol. The Morgan fingerprint density at radius 1 is 1.20 bits per heavy atom. The standard InChI is InChI=1S/C16H18N2O2/c1(2-11-3-4-11)6-17-16-13-9-15-14(19-10-20-15)8-12(13)5-7-18-16/h5,7-9,11H,1-4,6,10H2,(H,17,18). The fourth-order valence-corrected chi connectivity index (χ4v) is 2.71. The van der Waals surface area contributed by atoms with Crippen LogP contribution in [0.5, 0.6) is 11.5 Å². The third-order valence-corrected chi connectivity index (χ3v) is 4.04. The lowest BCUT2D eigenvalue weighted by Gasteiger charge is -2.09. The van der Waals surface area contributed by atoms with E-state index in [2.05, 4.69) is 10.3 Å². The van der Waals surface area contributed by atoms with Crippen molar-refractivity contribution in [2.24, 2.45) is 5.92 Å². The summed E-state index contributed by atoms with van der Waals surface area (Å²) in [6, 6.07) is 6.05. The molecule has 4 rings (SSSR count). The molecule has 0 radical (unpaired) electrons. The Labute approximate surface area is 118 Å². The monoisotopic (exact) mass is 270 g/mol. The highest BCUT2D eigenvalue weighted by atomic mass is 16.7. The molecule has 1 aliphatic carbocycles. The molecule has 0 amide bonds. The predicted molar refractivity (Wildman–Crippen MR) is 78.3 cm³/mol. The summed E-state index contributed by atoms with van der Waals surface area (Å²) < 4.78 is 10.9. The van der Waals surface area contributed by atoms with Crippen molar-refractivity contribution in [3.05, 3.63) is 24.4 Å². The number of nitrogens with one attached hydrogen (secondary N) is 1. The molecule has 2 heterocycles. The summed E-state index contributed by atoms with van der Waals surface area (Å²) in [6.07, 6.45) is 7.25. The van der Waals surface area contributed by atoms with Crippen molar-refractivity contribution in [1.82, 2.24) is 4.98 Å². The second-order valence-corrected chi connectivity index (χ2v) is 5.60. The smallest absolute Gasteiger partial charge is 0.231 e. The van der Waals surface area contributed by atoms with Crippen molar-refractivity contribution in [2.45, 2.75) is 25.7 Å². The van der Waals surface area contributed by atoms with Crippen LogP contribution in [0.2, 0.25) is 0 Å². The van der Waals surface area contributed by atoms with Crippen LogP contribution in [-0.4, -0.2) is 18.3 Å². The fourth-order valence-electron chi connectivity index (χ4n) is 2.71. The van der Waals surface area contributed by atoms with Gasteiger partial charge >= 0.3 is 0 Å². The van der Waals surface area contributed by atoms with Crippen LogP contribution in [0.15, 0.2) is 24.4 Å². The molecule has 1 saturated carbocycles. The molecule has 0 unspecified atom stereocenters. The summed E-state index contributed by atoms with van der Waals surface area (Å²) in [6.45, 7) is 1.29. The fraction of sp³-hybridized carbons (Fsp3) is 0.438. The Hall–Kier alpha value is -1.97. The maximum Gasteiger partial charge on any atom is 0.231 e. The largest absolute Gasteiger partial charge is 0.454 e. The summed E-state index contributed by atoms with van der Waals surface area (Å²) in [5.41, 5.74) is 0. The highest BCUT2D eigenvalue weighted by Crippen LogP contribution is 2.38. The van der Waals surface area contributed by atoms with Gasteiger partial charge in [-0.15, -0.1) is 0 Å². The van der Waals surface area contributed by atoms with Crippen molar-refractivity contribution < 1.29 is 9.47 Å². The number of hydrogen-bond donors (Lipinski definition) is 1. The summed E-state index contributed by atoms with van der Waals surface area (Å²) >= 11 is 0. The number of ether oxygens (including phenoxy) is 2. The number of nitrogens with zero attached hydrogens (tertiary/aromatic N) is 1. The molecule has 1 fully saturated rings. The quantitative estimate of drug-likeness (QED) is 0.844. The number of benzene rings is 1. The van der Waals surface area contributed by atoms with E-state index < -0.39 is 0 Å². The van der Waals surface area contributed by atoms with E-state index in [0.29, 0.717) is 6.79 Å². The van der Waals surface area contributed by atoms with Crippen LogP contribution in [0.1, 0.15) is 25.7 Å². The minimum atomic E-state index is 0.309. The molecule has 4 nitrogen and oxygen atoms in total. The van der Waals surface area contributed by atoms with Crippen LogP contribution in [0.4, 0.5) is 5.82 Å². The Morgan fingerprint density at radius 2 is 2.05 bits per heavy atom. The maximum atomic E-state index is 5.45. The molecule has 4 heteroatoms. The van der Waals surface area contributed by atoms with Gasteiger partial charge in [0, 0.05) is 18.1 Å². The van der Waals surface area contributed by atoms with Crippen LogP contribution in [0, 0.1) is 5.92 Å². The summed E-state index contributed by atoms with van der Waals surface area (Å²) in [7, 11) is 0. The molecule has 0 saturated heterocycles. The Bertz CT molecular complexity index is 638. The van der Waals surface area contributed by atoms with Crippen molar-refractivity contribution in [2.75, 3.05) is 18.7 Å². The van der Waals surface area contributed by atoms with Crippen LogP contribution in [-0.2, 0) is 0 Å². The van der Waals surface area contributed by atoms with Gasteiger partial charge in [-0.2, -0.15) is 0 Å². The molecule has 104 valence electrons. The minimum Gasteiger partial charge on any atom is -0.454 e. The van der Waals surface area contributed by atoms with Gasteiger partial charge in [-0.25, -0.2) is 4.98 Å². The summed E-state index contributed by atoms with van der Waals surface area (Å²) in [5, 5.41) is 5.69. The number of anilines is 1. The van der Waals surface area contributed by atoms with E-state index in [1.807, 2.05) is 24.4 Å². The summed E-state index contributed by atoms with van der Waals surface area (Å²) in [4.78, 5) is 4.46. The maximum absolute atomic E-state index is 5.45. The van der Waals surface area contributed by atoms with E-state index >= 15 is 0 Å². The first-order valence-electron chi connectivity index (χ1n) is 7.32. The van der Waals surface area contributed by atoms with E-state index in [9.17, 15) is 0 Å². The van der Waals surface area contributed by atoms with Crippen molar-refractivity contribution >= 4 is 16.6 Å². The molecule has 1 aromatic carbocycles. The first-order chi connectivity index (χ1) is 9.90. The predicted octanol–water partition coefficient (Wildman–Crippen LogP) is 3.57. The molecule has 0 bridgehead atoms. The Morgan fingerprint density at radius 3 is 2.90 bits per heavy atom. The third kappa shape index (κ3) is 2.26. The van der Waals surface area contributed by atoms with Crippen molar-refractivity contribution in [1.29, 1.82) is 0 Å². The Balaban J connectivity index is 1.55. The SMILES string of the molecule is c1cc2cc3c(cc2c(NCCCC2CC2)n1)OCO3. The van der Waals surface area contributed by atoms with E-state index in [-0.39, 0.29) is 0 Å². The topological polar surface area (TPSA) is 43.4 Å². The van der Waals surface area contributed by atoms with E-state index in [1.54, 1.807) is 0 Å². The van der Waals surface area contributed by atoms with Gasteiger partial charge in [0.05, 0.1) is 0 Å². The van der Waals surface area contributed by atoms with Gasteiger partial charge in [0.15, 0.2) is 11.5 Å². The second-order valence-electron chi connectivity index (χ2n) is 5.60. The molecule has 2 aromatic rings. The molecule has 2 aliphatic rings. The zero-order valence-electron chi connectivity index (χ0n) is 11.4. The molecule has 0 atom stereocenters. The number of fused-ring (bicyclic) bond motifs is 2. The first kappa shape index (κ1) is 11.8. The molecular formula is C16H18N2O2. The zero-order chi connectivity index (χ0) is 13.4. The van der Waals surface area contributed by atoms with Gasteiger partial charge in [0.1, 0.15) is 5.82 Å². The van der Waals surface area contributed by atoms with Crippen LogP contribution in [0.3, 0.4) is 0 Å². The van der Waals surface area contributed by atoms with Gasteiger partial charge in [-0.05, 0) is 42.3 Å². The lowest BCUT2D eigenvalue weighted by Crippen LogP contribution is -2.04. The van der Waals surface area contributed by atoms with E-state index in [4.69, 9.17) is 9.47 Å². The van der Waals surface area contributed by atoms with E-state index in [0.717, 1.165) is 40.6 Å². The number of aromatic nitrogens is 1. The van der Waals surface area contributed by atoms with Crippen LogP contribution < -0.4 is 14.8 Å². The zero-order valence-corrected chi connectivity index (χ0v) is 11.4. The first-order valence-corrected chi connectivity index (χ1v) is 7.32. The van der Waals surface area contributed by atoms with Crippen LogP contribution in [0.25, 0.3) is 10.8 Å². The Kier molecular flexibility index (Phi) is 2.87. The minimum absolute atomic E-state index is 0.309. The van der Waals surface area contributed by atoms with Gasteiger partial charge in [0.2, 0.25) is 6.79 Å². The highest BCUT2D eigenvalue weighted by Gasteiger charge is 2.20. The molecule has 20 heavy (non-hydrogen) atoms.